The Bertz CT molecular complexity index is 984. The molecule has 0 aliphatic rings. The molecule has 1 amide bonds. The van der Waals surface area contributed by atoms with E-state index in [-0.39, 0.29) is 15.7 Å². The Morgan fingerprint density at radius 3 is 2.34 bits per heavy atom. The van der Waals surface area contributed by atoms with Crippen molar-refractivity contribution in [3.05, 3.63) is 56.8 Å². The minimum atomic E-state index is -4.70. The molecule has 1 aromatic carbocycles. The number of amides is 1. The number of hydrogen-bond acceptors (Lipinski definition) is 6. The lowest BCUT2D eigenvalue weighted by Gasteiger charge is -2.10. The second kappa shape index (κ2) is 9.29. The molecule has 0 spiro atoms. The summed E-state index contributed by atoms with van der Waals surface area (Å²) in [4.78, 5) is 31.8. The maximum Gasteiger partial charge on any atom is 0.437 e. The molecule has 0 aliphatic carbocycles. The van der Waals surface area contributed by atoms with Crippen molar-refractivity contribution in [2.24, 2.45) is 5.16 Å². The average molecular weight is 471 g/mol. The number of carbonyl (C=O) groups excluding carboxylic acids is 2. The van der Waals surface area contributed by atoms with Crippen molar-refractivity contribution in [2.45, 2.75) is 6.18 Å². The number of rotatable bonds is 4. The van der Waals surface area contributed by atoms with Crippen molar-refractivity contribution >= 4 is 58.3 Å². The quantitative estimate of drug-likeness (QED) is 0.288. The number of oxime groups is 1. The number of alkyl halides is 3. The molecule has 0 saturated carbocycles. The minimum absolute atomic E-state index is 0.156. The number of methoxy groups -OCH3 is 1. The van der Waals surface area contributed by atoms with Gasteiger partial charge in [0.1, 0.15) is 5.69 Å². The zero-order valence-electron chi connectivity index (χ0n) is 14.2. The second-order valence-corrected chi connectivity index (χ2v) is 6.34. The van der Waals surface area contributed by atoms with Gasteiger partial charge in [0.2, 0.25) is 5.71 Å². The molecular formula is C16H9Cl3F3N3O4. The first-order valence-electron chi connectivity index (χ1n) is 7.35. The van der Waals surface area contributed by atoms with Gasteiger partial charge in [0.05, 0.1) is 27.7 Å². The molecule has 1 N–H and O–H groups in total. The lowest BCUT2D eigenvalue weighted by molar-refractivity contribution is -0.137. The molecule has 29 heavy (non-hydrogen) atoms. The molecule has 0 radical (unpaired) electrons. The lowest BCUT2D eigenvalue weighted by Crippen LogP contribution is -2.22. The van der Waals surface area contributed by atoms with Gasteiger partial charge in [-0.1, -0.05) is 40.0 Å². The van der Waals surface area contributed by atoms with E-state index in [4.69, 9.17) is 34.8 Å². The first-order valence-corrected chi connectivity index (χ1v) is 8.48. The summed E-state index contributed by atoms with van der Waals surface area (Å²) in [5, 5.41) is 5.40. The van der Waals surface area contributed by atoms with Crippen LogP contribution in [0.15, 0.2) is 35.6 Å². The van der Waals surface area contributed by atoms with Gasteiger partial charge >= 0.3 is 18.2 Å². The number of pyridine rings is 1. The summed E-state index contributed by atoms with van der Waals surface area (Å²) in [6.45, 7) is 0. The monoisotopic (exact) mass is 469 g/mol. The molecule has 2 rings (SSSR count). The molecule has 13 heteroatoms. The van der Waals surface area contributed by atoms with Crippen LogP contribution < -0.4 is 5.32 Å². The molecular weight excluding hydrogens is 462 g/mol. The molecule has 0 fully saturated rings. The SMILES string of the molecule is COC(=O)/C(=N\OC(=O)Nc1ccc(Cl)c(Cl)c1)c1ncc(C(F)(F)F)cc1Cl. The van der Waals surface area contributed by atoms with Crippen molar-refractivity contribution < 1.29 is 32.3 Å². The van der Waals surface area contributed by atoms with Crippen LogP contribution in [0.3, 0.4) is 0 Å². The van der Waals surface area contributed by atoms with Crippen LogP contribution in [0.5, 0.6) is 0 Å². The molecule has 154 valence electrons. The molecule has 0 aliphatic heterocycles. The predicted octanol–water partition coefficient (Wildman–Crippen LogP) is 5.19. The molecule has 0 saturated heterocycles. The van der Waals surface area contributed by atoms with Gasteiger partial charge in [-0.25, -0.2) is 9.59 Å². The number of aromatic nitrogens is 1. The Balaban J connectivity index is 2.26. The zero-order chi connectivity index (χ0) is 21.8. The number of carbonyl (C=O) groups is 2. The fourth-order valence-electron chi connectivity index (χ4n) is 1.84. The lowest BCUT2D eigenvalue weighted by atomic mass is 10.2. The third-order valence-electron chi connectivity index (χ3n) is 3.16. The van der Waals surface area contributed by atoms with Gasteiger partial charge in [0, 0.05) is 11.9 Å². The Morgan fingerprint density at radius 2 is 1.79 bits per heavy atom. The van der Waals surface area contributed by atoms with E-state index in [0.717, 1.165) is 7.11 Å². The number of anilines is 1. The Hall–Kier alpha value is -2.56. The molecule has 0 bridgehead atoms. The highest BCUT2D eigenvalue weighted by molar-refractivity contribution is 6.46. The highest BCUT2D eigenvalue weighted by Gasteiger charge is 2.32. The van der Waals surface area contributed by atoms with Crippen LogP contribution in [0.2, 0.25) is 15.1 Å². The molecule has 1 heterocycles. The van der Waals surface area contributed by atoms with Crippen LogP contribution in [0.4, 0.5) is 23.7 Å². The van der Waals surface area contributed by atoms with E-state index >= 15 is 0 Å². The topological polar surface area (TPSA) is 89.9 Å². The zero-order valence-corrected chi connectivity index (χ0v) is 16.4. The molecule has 2 aromatic rings. The van der Waals surface area contributed by atoms with Gasteiger partial charge in [0.15, 0.2) is 0 Å². The van der Waals surface area contributed by atoms with E-state index in [1.807, 2.05) is 0 Å². The number of ether oxygens (including phenoxy) is 1. The van der Waals surface area contributed by atoms with Crippen LogP contribution in [0, 0.1) is 0 Å². The Kier molecular flexibility index (Phi) is 7.28. The van der Waals surface area contributed by atoms with Crippen molar-refractivity contribution in [1.29, 1.82) is 0 Å². The highest BCUT2D eigenvalue weighted by atomic mass is 35.5. The number of halogens is 6. The van der Waals surface area contributed by atoms with E-state index in [0.29, 0.717) is 12.3 Å². The number of hydrogen-bond donors (Lipinski definition) is 1. The summed E-state index contributed by atoms with van der Waals surface area (Å²) in [7, 11) is 0.978. The molecule has 7 nitrogen and oxygen atoms in total. The predicted molar refractivity (Wildman–Crippen MR) is 99.4 cm³/mol. The molecule has 0 atom stereocenters. The fourth-order valence-corrected chi connectivity index (χ4v) is 2.40. The van der Waals surface area contributed by atoms with Gasteiger partial charge in [-0.05, 0) is 24.3 Å². The third kappa shape index (κ3) is 5.96. The Morgan fingerprint density at radius 1 is 1.10 bits per heavy atom. The second-order valence-electron chi connectivity index (χ2n) is 5.12. The van der Waals surface area contributed by atoms with Crippen LogP contribution in [0.1, 0.15) is 11.3 Å². The van der Waals surface area contributed by atoms with Crippen LogP contribution >= 0.6 is 34.8 Å². The van der Waals surface area contributed by atoms with Crippen molar-refractivity contribution in [3.8, 4) is 0 Å². The van der Waals surface area contributed by atoms with E-state index in [1.165, 1.54) is 18.2 Å². The van der Waals surface area contributed by atoms with Gasteiger partial charge < -0.3 is 4.74 Å². The first kappa shape index (κ1) is 22.7. The van der Waals surface area contributed by atoms with E-state index < -0.39 is 40.2 Å². The molecule has 0 unspecified atom stereocenters. The smallest absolute Gasteiger partial charge is 0.437 e. The number of nitrogens with zero attached hydrogens (tertiary/aromatic N) is 2. The summed E-state index contributed by atoms with van der Waals surface area (Å²) >= 11 is 17.3. The van der Waals surface area contributed by atoms with Gasteiger partial charge in [-0.15, -0.1) is 0 Å². The van der Waals surface area contributed by atoms with Crippen molar-refractivity contribution in [3.63, 3.8) is 0 Å². The van der Waals surface area contributed by atoms with Crippen LogP contribution in [-0.2, 0) is 20.5 Å². The average Bonchev–Trinajstić information content (AvgIpc) is 2.64. The third-order valence-corrected chi connectivity index (χ3v) is 4.18. The maximum absolute atomic E-state index is 12.7. The standard InChI is InChI=1S/C16H9Cl3F3N3O4/c1-28-14(26)13(12-11(19)4-7(6-23-12)16(20,21)22)25-29-15(27)24-8-2-3-9(17)10(18)5-8/h2-6H,1H3,(H,24,27)/b25-13-. The van der Waals surface area contributed by atoms with Gasteiger partial charge in [0.25, 0.3) is 0 Å². The van der Waals surface area contributed by atoms with Gasteiger partial charge in [-0.3, -0.25) is 15.1 Å². The fraction of sp³-hybridized carbons (Fsp3) is 0.125. The first-order chi connectivity index (χ1) is 13.5. The van der Waals surface area contributed by atoms with Crippen molar-refractivity contribution in [1.82, 2.24) is 4.98 Å². The summed E-state index contributed by atoms with van der Waals surface area (Å²) in [6, 6.07) is 4.69. The van der Waals surface area contributed by atoms with E-state index in [1.54, 1.807) is 0 Å². The summed E-state index contributed by atoms with van der Waals surface area (Å²) in [5.74, 6) is -1.15. The van der Waals surface area contributed by atoms with Crippen LogP contribution in [-0.4, -0.2) is 29.9 Å². The van der Waals surface area contributed by atoms with Crippen LogP contribution in [0.25, 0.3) is 0 Å². The van der Waals surface area contributed by atoms with Gasteiger partial charge in [-0.2, -0.15) is 13.2 Å². The summed E-state index contributed by atoms with van der Waals surface area (Å²) in [6.07, 6.45) is -5.41. The highest BCUT2D eigenvalue weighted by Crippen LogP contribution is 2.31. The van der Waals surface area contributed by atoms with E-state index in [2.05, 4.69) is 25.0 Å². The number of benzene rings is 1. The Labute approximate surface area is 176 Å². The largest absolute Gasteiger partial charge is 0.464 e. The normalized spacial score (nSPS) is 11.8. The van der Waals surface area contributed by atoms with Crippen molar-refractivity contribution in [2.75, 3.05) is 12.4 Å². The minimum Gasteiger partial charge on any atom is -0.464 e. The molecule has 1 aromatic heterocycles. The summed E-state index contributed by atoms with van der Waals surface area (Å²) in [5.41, 5.74) is -2.15. The number of esters is 1. The summed E-state index contributed by atoms with van der Waals surface area (Å²) < 4.78 is 42.6. The maximum atomic E-state index is 12.7. The number of nitrogens with one attached hydrogen (secondary N) is 1. The van der Waals surface area contributed by atoms with E-state index in [9.17, 15) is 22.8 Å².